The highest BCUT2D eigenvalue weighted by Gasteiger charge is 2.12. The Balaban J connectivity index is 1.96. The summed E-state index contributed by atoms with van der Waals surface area (Å²) >= 11 is 3.59. The van der Waals surface area contributed by atoms with Crippen LogP contribution in [0.15, 0.2) is 17.5 Å². The first kappa shape index (κ1) is 13.7. The van der Waals surface area contributed by atoms with Gasteiger partial charge in [0.2, 0.25) is 0 Å². The Morgan fingerprint density at radius 2 is 2.11 bits per heavy atom. The molecule has 0 aliphatic rings. The van der Waals surface area contributed by atoms with Crippen molar-refractivity contribution in [1.29, 1.82) is 0 Å². The van der Waals surface area contributed by atoms with Crippen molar-refractivity contribution in [2.75, 3.05) is 0 Å². The average molecular weight is 281 g/mol. The zero-order chi connectivity index (χ0) is 13.0. The van der Waals surface area contributed by atoms with Gasteiger partial charge in [-0.05, 0) is 31.9 Å². The van der Waals surface area contributed by atoms with E-state index in [2.05, 4.69) is 34.8 Å². The lowest BCUT2D eigenvalue weighted by atomic mass is 10.1. The number of aryl methyl sites for hydroxylation is 2. The summed E-state index contributed by atoms with van der Waals surface area (Å²) in [6.07, 6.45) is 2.98. The molecule has 98 valence electrons. The Morgan fingerprint density at radius 1 is 1.33 bits per heavy atom. The summed E-state index contributed by atoms with van der Waals surface area (Å²) in [5.74, 6) is 5.65. The molecule has 5 heteroatoms. The van der Waals surface area contributed by atoms with Gasteiger partial charge in [-0.3, -0.25) is 11.3 Å². The van der Waals surface area contributed by atoms with Crippen LogP contribution >= 0.6 is 22.7 Å². The Hall–Kier alpha value is -0.750. The number of hydrogen-bond donors (Lipinski definition) is 2. The van der Waals surface area contributed by atoms with Crippen LogP contribution in [-0.4, -0.2) is 11.0 Å². The van der Waals surface area contributed by atoms with Crippen molar-refractivity contribution >= 4 is 22.7 Å². The van der Waals surface area contributed by atoms with Crippen molar-refractivity contribution in [2.24, 2.45) is 5.84 Å². The van der Waals surface area contributed by atoms with Gasteiger partial charge in [0.15, 0.2) is 0 Å². The topological polar surface area (TPSA) is 50.9 Å². The highest BCUT2D eigenvalue weighted by molar-refractivity contribution is 7.12. The number of nitrogens with zero attached hydrogens (tertiary/aromatic N) is 1. The summed E-state index contributed by atoms with van der Waals surface area (Å²) in [5.41, 5.74) is 4.00. The molecule has 0 aliphatic heterocycles. The van der Waals surface area contributed by atoms with Crippen LogP contribution in [-0.2, 0) is 19.3 Å². The van der Waals surface area contributed by atoms with Crippen LogP contribution in [0.2, 0.25) is 0 Å². The van der Waals surface area contributed by atoms with E-state index in [9.17, 15) is 0 Å². The third-order valence-corrected chi connectivity index (χ3v) is 5.08. The number of aromatic nitrogens is 1. The number of nitrogens with two attached hydrogens (primary N) is 1. The van der Waals surface area contributed by atoms with Gasteiger partial charge < -0.3 is 0 Å². The highest BCUT2D eigenvalue weighted by Crippen LogP contribution is 2.20. The number of nitrogens with one attached hydrogen (secondary N) is 1. The van der Waals surface area contributed by atoms with E-state index in [1.54, 1.807) is 11.3 Å². The standard InChI is InChI=1S/C13H19N3S2/c1-3-11-4-5-12(18-11)6-10(16-14)7-13-15-9(2)8-17-13/h4-5,8,10,16H,3,6-7,14H2,1-2H3. The second-order valence-electron chi connectivity index (χ2n) is 4.38. The Kier molecular flexibility index (Phi) is 4.88. The molecule has 0 fully saturated rings. The van der Waals surface area contributed by atoms with Gasteiger partial charge in [-0.15, -0.1) is 22.7 Å². The van der Waals surface area contributed by atoms with Crippen molar-refractivity contribution in [1.82, 2.24) is 10.4 Å². The molecule has 18 heavy (non-hydrogen) atoms. The predicted octanol–water partition coefficient (Wildman–Crippen LogP) is 2.69. The van der Waals surface area contributed by atoms with Gasteiger partial charge in [-0.2, -0.15) is 0 Å². The maximum Gasteiger partial charge on any atom is 0.0944 e. The van der Waals surface area contributed by atoms with E-state index in [0.29, 0.717) is 0 Å². The molecule has 3 N–H and O–H groups in total. The predicted molar refractivity (Wildman–Crippen MR) is 79.1 cm³/mol. The molecular weight excluding hydrogens is 262 g/mol. The minimum absolute atomic E-state index is 0.263. The van der Waals surface area contributed by atoms with Crippen LogP contribution in [0.3, 0.4) is 0 Å². The molecule has 0 amide bonds. The van der Waals surface area contributed by atoms with Gasteiger partial charge in [0, 0.05) is 33.3 Å². The number of thiophene rings is 1. The van der Waals surface area contributed by atoms with E-state index in [1.807, 2.05) is 18.3 Å². The average Bonchev–Trinajstić information content (AvgIpc) is 2.97. The SMILES string of the molecule is CCc1ccc(CC(Cc2nc(C)cs2)NN)s1. The summed E-state index contributed by atoms with van der Waals surface area (Å²) in [6.45, 7) is 4.21. The minimum atomic E-state index is 0.263. The molecule has 1 unspecified atom stereocenters. The van der Waals surface area contributed by atoms with Crippen LogP contribution in [0.5, 0.6) is 0 Å². The van der Waals surface area contributed by atoms with E-state index in [1.165, 1.54) is 9.75 Å². The van der Waals surface area contributed by atoms with Gasteiger partial charge >= 0.3 is 0 Å². The fourth-order valence-electron chi connectivity index (χ4n) is 1.86. The number of hydrazine groups is 1. The highest BCUT2D eigenvalue weighted by atomic mass is 32.1. The van der Waals surface area contributed by atoms with E-state index < -0.39 is 0 Å². The largest absolute Gasteiger partial charge is 0.271 e. The molecule has 0 aromatic carbocycles. The van der Waals surface area contributed by atoms with Crippen LogP contribution in [0.4, 0.5) is 0 Å². The second-order valence-corrected chi connectivity index (χ2v) is 6.57. The summed E-state index contributed by atoms with van der Waals surface area (Å²) in [4.78, 5) is 7.32. The normalized spacial score (nSPS) is 12.8. The minimum Gasteiger partial charge on any atom is -0.271 e. The summed E-state index contributed by atoms with van der Waals surface area (Å²) < 4.78 is 0. The van der Waals surface area contributed by atoms with Crippen LogP contribution in [0.25, 0.3) is 0 Å². The molecule has 2 aromatic rings. The number of hydrogen-bond acceptors (Lipinski definition) is 5. The Labute approximate surface area is 116 Å². The molecule has 0 saturated carbocycles. The zero-order valence-electron chi connectivity index (χ0n) is 10.8. The molecule has 2 rings (SSSR count). The van der Waals surface area contributed by atoms with Crippen molar-refractivity contribution in [3.63, 3.8) is 0 Å². The summed E-state index contributed by atoms with van der Waals surface area (Å²) in [5, 5.41) is 3.24. The van der Waals surface area contributed by atoms with Crippen molar-refractivity contribution < 1.29 is 0 Å². The molecule has 0 spiro atoms. The van der Waals surface area contributed by atoms with Gasteiger partial charge in [0.05, 0.1) is 5.01 Å². The molecule has 2 heterocycles. The maximum atomic E-state index is 5.65. The molecule has 0 radical (unpaired) electrons. The molecule has 0 aliphatic carbocycles. The zero-order valence-corrected chi connectivity index (χ0v) is 12.4. The molecule has 3 nitrogen and oxygen atoms in total. The smallest absolute Gasteiger partial charge is 0.0944 e. The Morgan fingerprint density at radius 3 is 2.67 bits per heavy atom. The molecule has 0 bridgehead atoms. The van der Waals surface area contributed by atoms with Crippen LogP contribution < -0.4 is 11.3 Å². The van der Waals surface area contributed by atoms with Gasteiger partial charge in [-0.1, -0.05) is 6.92 Å². The lowest BCUT2D eigenvalue weighted by molar-refractivity contribution is 0.524. The molecule has 1 atom stereocenters. The van der Waals surface area contributed by atoms with Gasteiger partial charge in [-0.25, -0.2) is 4.98 Å². The third-order valence-electron chi connectivity index (χ3n) is 2.84. The summed E-state index contributed by atoms with van der Waals surface area (Å²) in [6, 6.07) is 4.68. The lowest BCUT2D eigenvalue weighted by Crippen LogP contribution is -2.38. The van der Waals surface area contributed by atoms with Crippen molar-refractivity contribution in [3.8, 4) is 0 Å². The van der Waals surface area contributed by atoms with Crippen LogP contribution in [0.1, 0.15) is 27.4 Å². The first-order chi connectivity index (χ1) is 8.71. The third kappa shape index (κ3) is 3.62. The lowest BCUT2D eigenvalue weighted by Gasteiger charge is -2.13. The van der Waals surface area contributed by atoms with Crippen molar-refractivity contribution in [3.05, 3.63) is 38.0 Å². The fourth-order valence-corrected chi connectivity index (χ4v) is 3.75. The molecule has 2 aromatic heterocycles. The van der Waals surface area contributed by atoms with Crippen LogP contribution in [0, 0.1) is 6.92 Å². The Bertz CT molecular complexity index is 490. The first-order valence-corrected chi connectivity index (χ1v) is 7.85. The number of rotatable bonds is 6. The maximum absolute atomic E-state index is 5.65. The van der Waals surface area contributed by atoms with Gasteiger partial charge in [0.25, 0.3) is 0 Å². The van der Waals surface area contributed by atoms with Crippen molar-refractivity contribution in [2.45, 2.75) is 39.2 Å². The van der Waals surface area contributed by atoms with Gasteiger partial charge in [0.1, 0.15) is 0 Å². The van der Waals surface area contributed by atoms with E-state index in [4.69, 9.17) is 5.84 Å². The summed E-state index contributed by atoms with van der Waals surface area (Å²) in [7, 11) is 0. The quantitative estimate of drug-likeness (QED) is 0.632. The van der Waals surface area contributed by atoms with E-state index in [0.717, 1.165) is 30.0 Å². The monoisotopic (exact) mass is 281 g/mol. The van der Waals surface area contributed by atoms with E-state index >= 15 is 0 Å². The second kappa shape index (κ2) is 6.43. The fraction of sp³-hybridized carbons (Fsp3) is 0.462. The molecular formula is C13H19N3S2. The first-order valence-electron chi connectivity index (χ1n) is 6.16. The van der Waals surface area contributed by atoms with E-state index in [-0.39, 0.29) is 6.04 Å². The molecule has 0 saturated heterocycles. The number of thiazole rings is 1.